The van der Waals surface area contributed by atoms with Gasteiger partial charge in [-0.3, -0.25) is 9.59 Å². The molecule has 6 heteroatoms. The number of halogens is 1. The van der Waals surface area contributed by atoms with Gasteiger partial charge in [-0.15, -0.1) is 0 Å². The molecule has 0 spiro atoms. The first-order chi connectivity index (χ1) is 12.0. The van der Waals surface area contributed by atoms with Crippen molar-refractivity contribution in [1.29, 1.82) is 0 Å². The van der Waals surface area contributed by atoms with Gasteiger partial charge in [0.25, 0.3) is 5.91 Å². The van der Waals surface area contributed by atoms with E-state index in [2.05, 4.69) is 26.2 Å². The second-order valence-corrected chi connectivity index (χ2v) is 6.59. The number of amides is 1. The lowest BCUT2D eigenvalue weighted by Gasteiger charge is -2.11. The Bertz CT molecular complexity index is 1010. The summed E-state index contributed by atoms with van der Waals surface area (Å²) in [5.74, 6) is -0.620. The molecular formula is C19H17BrN2O3. The van der Waals surface area contributed by atoms with E-state index in [4.69, 9.17) is 0 Å². The molecule has 3 aromatic rings. The van der Waals surface area contributed by atoms with Gasteiger partial charge < -0.3 is 15.4 Å². The lowest BCUT2D eigenvalue weighted by molar-refractivity contribution is 0.0955. The lowest BCUT2D eigenvalue weighted by Crippen LogP contribution is -2.24. The second kappa shape index (κ2) is 7.11. The number of hydrogen-bond acceptors (Lipinski definition) is 3. The molecule has 3 N–H and O–H groups in total. The average Bonchev–Trinajstić information content (AvgIpc) is 2.62. The van der Waals surface area contributed by atoms with Gasteiger partial charge in [0.15, 0.2) is 5.75 Å². The van der Waals surface area contributed by atoms with Crippen molar-refractivity contribution in [3.8, 4) is 17.0 Å². The third kappa shape index (κ3) is 3.30. The zero-order valence-corrected chi connectivity index (χ0v) is 15.2. The summed E-state index contributed by atoms with van der Waals surface area (Å²) in [5, 5.41) is 13.4. The molecule has 3 rings (SSSR count). The Morgan fingerprint density at radius 2 is 2.00 bits per heavy atom. The fraction of sp³-hybridized carbons (Fsp3) is 0.158. The number of hydrogen-bond donors (Lipinski definition) is 3. The van der Waals surface area contributed by atoms with Crippen LogP contribution in [0.15, 0.2) is 51.7 Å². The fourth-order valence-corrected chi connectivity index (χ4v) is 3.08. The SMILES string of the molecule is CCCNC(=O)c1cccc2c(=O)c(O)c(-c3cccc(Br)c3)[nH]c12. The normalized spacial score (nSPS) is 10.8. The number of aromatic hydroxyl groups is 1. The summed E-state index contributed by atoms with van der Waals surface area (Å²) in [6, 6.07) is 12.1. The van der Waals surface area contributed by atoms with Crippen molar-refractivity contribution in [1.82, 2.24) is 10.3 Å². The molecule has 0 radical (unpaired) electrons. The lowest BCUT2D eigenvalue weighted by atomic mass is 10.0. The molecule has 1 amide bonds. The van der Waals surface area contributed by atoms with E-state index in [1.807, 2.05) is 13.0 Å². The maximum absolute atomic E-state index is 12.6. The van der Waals surface area contributed by atoms with Crippen molar-refractivity contribution in [2.45, 2.75) is 13.3 Å². The van der Waals surface area contributed by atoms with E-state index in [0.717, 1.165) is 10.9 Å². The summed E-state index contributed by atoms with van der Waals surface area (Å²) in [7, 11) is 0. The summed E-state index contributed by atoms with van der Waals surface area (Å²) in [6.45, 7) is 2.52. The predicted octanol–water partition coefficient (Wildman–Crippen LogP) is 3.80. The van der Waals surface area contributed by atoms with E-state index in [1.54, 1.807) is 36.4 Å². The number of rotatable bonds is 4. The smallest absolute Gasteiger partial charge is 0.253 e. The number of nitrogens with one attached hydrogen (secondary N) is 2. The van der Waals surface area contributed by atoms with E-state index in [9.17, 15) is 14.7 Å². The zero-order chi connectivity index (χ0) is 18.0. The van der Waals surface area contributed by atoms with E-state index in [1.165, 1.54) is 0 Å². The van der Waals surface area contributed by atoms with E-state index < -0.39 is 5.43 Å². The third-order valence-electron chi connectivity index (χ3n) is 3.90. The molecule has 0 aliphatic carbocycles. The first-order valence-electron chi connectivity index (χ1n) is 7.95. The van der Waals surface area contributed by atoms with Gasteiger partial charge in [0, 0.05) is 16.6 Å². The van der Waals surface area contributed by atoms with Crippen LogP contribution >= 0.6 is 15.9 Å². The number of fused-ring (bicyclic) bond motifs is 1. The molecule has 0 aliphatic rings. The van der Waals surface area contributed by atoms with Crippen molar-refractivity contribution < 1.29 is 9.90 Å². The van der Waals surface area contributed by atoms with Crippen molar-refractivity contribution >= 4 is 32.7 Å². The summed E-state index contributed by atoms with van der Waals surface area (Å²) in [6.07, 6.45) is 0.817. The van der Waals surface area contributed by atoms with E-state index in [0.29, 0.717) is 23.2 Å². The Kier molecular flexibility index (Phi) is 4.90. The van der Waals surface area contributed by atoms with Gasteiger partial charge in [0.05, 0.1) is 22.2 Å². The van der Waals surface area contributed by atoms with Crippen molar-refractivity contribution in [3.63, 3.8) is 0 Å². The van der Waals surface area contributed by atoms with E-state index >= 15 is 0 Å². The highest BCUT2D eigenvalue weighted by Gasteiger charge is 2.17. The van der Waals surface area contributed by atoms with Gasteiger partial charge in [-0.2, -0.15) is 0 Å². The monoisotopic (exact) mass is 400 g/mol. The van der Waals surface area contributed by atoms with Crippen LogP contribution in [0.2, 0.25) is 0 Å². The number of benzene rings is 2. The molecule has 2 aromatic carbocycles. The van der Waals surface area contributed by atoms with Crippen LogP contribution in [0.4, 0.5) is 0 Å². The molecule has 0 fully saturated rings. The number of carbonyl (C=O) groups is 1. The molecule has 128 valence electrons. The number of H-pyrrole nitrogens is 1. The Morgan fingerprint density at radius 3 is 2.72 bits per heavy atom. The van der Waals surface area contributed by atoms with Crippen LogP contribution in [0.25, 0.3) is 22.2 Å². The zero-order valence-electron chi connectivity index (χ0n) is 13.6. The number of aromatic nitrogens is 1. The molecule has 0 unspecified atom stereocenters. The molecule has 0 saturated heterocycles. The number of aromatic amines is 1. The van der Waals surface area contributed by atoms with E-state index in [-0.39, 0.29) is 22.7 Å². The molecular weight excluding hydrogens is 384 g/mol. The minimum atomic E-state index is -0.506. The molecule has 0 aliphatic heterocycles. The van der Waals surface area contributed by atoms with Crippen LogP contribution in [-0.2, 0) is 0 Å². The van der Waals surface area contributed by atoms with Crippen LogP contribution < -0.4 is 10.7 Å². The Morgan fingerprint density at radius 1 is 1.24 bits per heavy atom. The first-order valence-corrected chi connectivity index (χ1v) is 8.74. The quantitative estimate of drug-likeness (QED) is 0.622. The Labute approximate surface area is 152 Å². The number of para-hydroxylation sites is 1. The maximum Gasteiger partial charge on any atom is 0.253 e. The van der Waals surface area contributed by atoms with Gasteiger partial charge in [-0.1, -0.05) is 41.1 Å². The molecule has 1 aromatic heterocycles. The van der Waals surface area contributed by atoms with Gasteiger partial charge in [-0.25, -0.2) is 0 Å². The van der Waals surface area contributed by atoms with Crippen LogP contribution in [0.3, 0.4) is 0 Å². The highest BCUT2D eigenvalue weighted by molar-refractivity contribution is 9.10. The molecule has 0 saturated carbocycles. The summed E-state index contributed by atoms with van der Waals surface area (Å²) < 4.78 is 0.819. The number of carbonyl (C=O) groups excluding carboxylic acids is 1. The number of pyridine rings is 1. The highest BCUT2D eigenvalue weighted by Crippen LogP contribution is 2.29. The first kappa shape index (κ1) is 17.2. The van der Waals surface area contributed by atoms with Gasteiger partial charge in [0.1, 0.15) is 0 Å². The minimum Gasteiger partial charge on any atom is -0.503 e. The molecule has 25 heavy (non-hydrogen) atoms. The standard InChI is InChI=1S/C19H17BrN2O3/c1-2-9-21-19(25)14-8-4-7-13-16(14)22-15(18(24)17(13)23)11-5-3-6-12(20)10-11/h3-8,10,24H,2,9H2,1H3,(H,21,25)(H,22,23). The van der Waals surface area contributed by atoms with Crippen LogP contribution in [0, 0.1) is 0 Å². The van der Waals surface area contributed by atoms with Crippen LogP contribution in [0.1, 0.15) is 23.7 Å². The molecule has 1 heterocycles. The largest absolute Gasteiger partial charge is 0.503 e. The Hall–Kier alpha value is -2.60. The molecule has 5 nitrogen and oxygen atoms in total. The van der Waals surface area contributed by atoms with Crippen molar-refractivity contribution in [2.24, 2.45) is 0 Å². The highest BCUT2D eigenvalue weighted by atomic mass is 79.9. The average molecular weight is 401 g/mol. The fourth-order valence-electron chi connectivity index (χ4n) is 2.68. The van der Waals surface area contributed by atoms with Crippen LogP contribution in [-0.4, -0.2) is 22.5 Å². The van der Waals surface area contributed by atoms with Crippen molar-refractivity contribution in [2.75, 3.05) is 6.54 Å². The Balaban J connectivity index is 2.25. The van der Waals surface area contributed by atoms with Gasteiger partial charge in [-0.05, 0) is 30.7 Å². The molecule has 0 atom stereocenters. The van der Waals surface area contributed by atoms with Gasteiger partial charge in [0.2, 0.25) is 5.43 Å². The molecule has 0 bridgehead atoms. The second-order valence-electron chi connectivity index (χ2n) is 5.67. The van der Waals surface area contributed by atoms with Crippen LogP contribution in [0.5, 0.6) is 5.75 Å². The minimum absolute atomic E-state index is 0.256. The third-order valence-corrected chi connectivity index (χ3v) is 4.40. The van der Waals surface area contributed by atoms with Gasteiger partial charge >= 0.3 is 0 Å². The summed E-state index contributed by atoms with van der Waals surface area (Å²) in [4.78, 5) is 28.1. The predicted molar refractivity (Wildman–Crippen MR) is 102 cm³/mol. The topological polar surface area (TPSA) is 82.2 Å². The summed E-state index contributed by atoms with van der Waals surface area (Å²) >= 11 is 3.38. The summed E-state index contributed by atoms with van der Waals surface area (Å²) in [5.41, 5.74) is 1.21. The maximum atomic E-state index is 12.6. The van der Waals surface area contributed by atoms with Crippen molar-refractivity contribution in [3.05, 3.63) is 62.7 Å².